The average molecular weight is 1520 g/mol. The second-order valence-corrected chi connectivity index (χ2v) is 29.0. The van der Waals surface area contributed by atoms with Crippen molar-refractivity contribution in [1.82, 2.24) is 55.8 Å². The van der Waals surface area contributed by atoms with Crippen LogP contribution >= 0.6 is 0 Å². The third-order valence-electron chi connectivity index (χ3n) is 21.3. The lowest BCUT2D eigenvalue weighted by molar-refractivity contribution is -0.138. The minimum absolute atomic E-state index is 0.183. The highest BCUT2D eigenvalue weighted by atomic mass is 19.4. The number of benzene rings is 6. The summed E-state index contributed by atoms with van der Waals surface area (Å²) >= 11 is 0. The van der Waals surface area contributed by atoms with E-state index in [4.69, 9.17) is 18.6 Å². The second kappa shape index (κ2) is 33.9. The molecule has 3 saturated heterocycles. The van der Waals surface area contributed by atoms with Gasteiger partial charge in [0.25, 0.3) is 0 Å². The van der Waals surface area contributed by atoms with Gasteiger partial charge >= 0.3 is 29.9 Å². The quantitative estimate of drug-likeness (QED) is 0.0246. The normalized spacial score (nSPS) is 23.5. The van der Waals surface area contributed by atoms with Crippen LogP contribution in [-0.4, -0.2) is 97.4 Å². The molecule has 1 amide bonds. The molecule has 0 spiro atoms. The first-order valence-electron chi connectivity index (χ1n) is 36.0. The van der Waals surface area contributed by atoms with Crippen LogP contribution in [0.4, 0.5) is 39.5 Å². The van der Waals surface area contributed by atoms with E-state index in [0.717, 1.165) is 53.1 Å². The van der Waals surface area contributed by atoms with Gasteiger partial charge in [-0.15, -0.1) is 0 Å². The molecule has 584 valence electrons. The summed E-state index contributed by atoms with van der Waals surface area (Å²) in [6.07, 6.45) is -5.10. The average Bonchev–Trinajstić information content (AvgIpc) is 1.71. The van der Waals surface area contributed by atoms with E-state index >= 15 is 0 Å². The molecule has 9 atom stereocenters. The van der Waals surface area contributed by atoms with Crippen LogP contribution in [0.15, 0.2) is 190 Å². The number of alkyl halides is 9. The van der Waals surface area contributed by atoms with Crippen LogP contribution in [0.3, 0.4) is 0 Å². The zero-order valence-corrected chi connectivity index (χ0v) is 62.2. The number of amides is 1. The molecule has 3 aliphatic heterocycles. The maximum Gasteiger partial charge on any atom is 0.416 e. The van der Waals surface area contributed by atoms with Crippen molar-refractivity contribution in [2.24, 2.45) is 4.99 Å². The summed E-state index contributed by atoms with van der Waals surface area (Å²) in [5.74, 6) is 0.366. The molecular formula is C80H93F9N12O8. The zero-order valence-electron chi connectivity index (χ0n) is 62.2. The first-order chi connectivity index (χ1) is 51.6. The van der Waals surface area contributed by atoms with Crippen molar-refractivity contribution in [1.29, 1.82) is 0 Å². The molecule has 0 unspecified atom stereocenters. The molecule has 3 fully saturated rings. The molecular weight excluding hydrogens is 1430 g/mol. The van der Waals surface area contributed by atoms with Gasteiger partial charge < -0.3 is 45.0 Å². The summed E-state index contributed by atoms with van der Waals surface area (Å²) in [5.41, 5.74) is -0.0206. The number of ether oxygens (including phenoxy) is 3. The van der Waals surface area contributed by atoms with Gasteiger partial charge in [0.15, 0.2) is 12.2 Å². The fourth-order valence-corrected chi connectivity index (χ4v) is 15.0. The molecule has 3 aromatic heterocycles. The lowest BCUT2D eigenvalue weighted by Gasteiger charge is -2.48. The van der Waals surface area contributed by atoms with Crippen LogP contribution < -0.4 is 32.6 Å². The maximum atomic E-state index is 13.4. The van der Waals surface area contributed by atoms with Crippen molar-refractivity contribution in [2.45, 2.75) is 177 Å². The Morgan fingerprint density at radius 3 is 1.28 bits per heavy atom. The highest BCUT2D eigenvalue weighted by Crippen LogP contribution is 2.45. The first kappa shape index (κ1) is 82.1. The molecule has 9 aromatic rings. The number of carbonyl (C=O) groups is 1. The van der Waals surface area contributed by atoms with E-state index in [2.05, 4.69) is 51.6 Å². The standard InChI is InChI=1S/C28H34F3N5O3.C27H30F3N3O3.C25H29F3N4O2/c1-4-24(32-18-37)27(36-17-34-35-25(36)38)11-10-26(33-15-27,22-8-6-5-7-9-22)16-39-20(3)21-12-19(2)13-23(14-21)28(29,30)31;1-18-11-21(13-23(12-18)27(28,29)30)19(2)35-16-26(22-7-5-4-6-8-22)10-9-25(15-32-26,33-20(3)34)24-14-31-17-36-24;1-17-11-19(13-21(12-17)25(26,27)28)18(2)34-15-24(20-7-5-4-6-8-20)10-9-23(3,14-29-24)32-16-30-31-22(32)33/h5-9,12-14,17,20,33,37H,4,10-11,15-16,18H2,1-3H3,(H,35,38);4-8,11-14,17,19,32H,9-10,15-16H2,1-3H3,(H,33,34);4-8,11-13,16,18,29H,9-10,14-15H2,1-3H3,(H,31,33)/t20-,26-,27+;19-,25+,26-;18-,23+,24-/m111/s1. The van der Waals surface area contributed by atoms with E-state index < -0.39 is 93.5 Å². The van der Waals surface area contributed by atoms with Crippen molar-refractivity contribution in [3.63, 3.8) is 0 Å². The van der Waals surface area contributed by atoms with Gasteiger partial charge in [-0.25, -0.2) is 24.8 Å². The highest BCUT2D eigenvalue weighted by Gasteiger charge is 2.50. The Balaban J connectivity index is 0.000000175. The Morgan fingerprint density at radius 1 is 0.569 bits per heavy atom. The first-order valence-corrected chi connectivity index (χ1v) is 36.0. The van der Waals surface area contributed by atoms with Gasteiger partial charge in [0.05, 0.1) is 83.2 Å². The molecule has 12 rings (SSSR count). The third kappa shape index (κ3) is 19.1. The Kier molecular flexibility index (Phi) is 25.5. The van der Waals surface area contributed by atoms with Gasteiger partial charge in [0, 0.05) is 32.3 Å². The number of aryl methyl sites for hydroxylation is 3. The molecule has 0 aliphatic carbocycles. The molecule has 0 saturated carbocycles. The molecule has 20 nitrogen and oxygen atoms in total. The van der Waals surface area contributed by atoms with E-state index in [1.807, 2.05) is 105 Å². The van der Waals surface area contributed by atoms with Gasteiger partial charge in [0.1, 0.15) is 30.5 Å². The summed E-state index contributed by atoms with van der Waals surface area (Å²) < 4.78 is 148. The number of nitrogens with one attached hydrogen (secondary N) is 6. The number of aliphatic imine (C=N–C) groups is 1. The predicted molar refractivity (Wildman–Crippen MR) is 392 cm³/mol. The molecule has 0 radical (unpaired) electrons. The van der Waals surface area contributed by atoms with E-state index in [1.54, 1.807) is 70.5 Å². The minimum atomic E-state index is -4.45. The molecule has 7 N–H and O–H groups in total. The lowest BCUT2D eigenvalue weighted by Crippen LogP contribution is -2.63. The van der Waals surface area contributed by atoms with Crippen molar-refractivity contribution in [3.8, 4) is 0 Å². The number of carbonyl (C=O) groups excluding carboxylic acids is 1. The number of aliphatic hydroxyl groups is 1. The summed E-state index contributed by atoms with van der Waals surface area (Å²) in [6.45, 7) is 17.0. The van der Waals surface area contributed by atoms with E-state index in [9.17, 15) is 59.0 Å². The van der Waals surface area contributed by atoms with Crippen molar-refractivity contribution in [3.05, 3.63) is 264 Å². The molecule has 6 aromatic carbocycles. The summed E-state index contributed by atoms with van der Waals surface area (Å²) in [5, 5.41) is 36.1. The number of piperidine rings is 3. The van der Waals surface area contributed by atoms with Crippen LogP contribution in [0, 0.1) is 20.8 Å². The molecule has 29 heteroatoms. The Bertz CT molecular complexity index is 4610. The fraction of sp³-hybridized carbons (Fsp3) is 0.438. The lowest BCUT2D eigenvalue weighted by atomic mass is 9.73. The SMILES string of the molecule is CC(=O)N[C@@]1(c2cnco2)CC[C@@](CO[C@H](C)c2cc(C)cc(C(F)(F)F)c2)(c2ccccc2)NC1.CCC(=NCO)[C@]1(n2cn[nH]c2=O)CC[C@@](CO[C@H](C)c2cc(C)cc(C(F)(F)F)c2)(c2ccccc2)NC1.Cc1cc([C@@H](C)OC[C@@]2(c3ccccc3)CC[C@](C)(n3cn[nH]c3=O)CN2)cc(C(F)(F)F)c1. The van der Waals surface area contributed by atoms with Gasteiger partial charge in [-0.1, -0.05) is 133 Å². The Morgan fingerprint density at radius 2 is 0.963 bits per heavy atom. The number of halogens is 9. The van der Waals surface area contributed by atoms with E-state index in [1.165, 1.54) is 30.5 Å². The number of hydrogen-bond donors (Lipinski definition) is 7. The number of nitrogens with zero attached hydrogens (tertiary/aromatic N) is 6. The van der Waals surface area contributed by atoms with Crippen molar-refractivity contribution < 1.29 is 68.0 Å². The second-order valence-electron chi connectivity index (χ2n) is 29.0. The summed E-state index contributed by atoms with van der Waals surface area (Å²) in [7, 11) is 0. The number of aliphatic hydroxyl groups excluding tert-OH is 1. The summed E-state index contributed by atoms with van der Waals surface area (Å²) in [4.78, 5) is 45.2. The van der Waals surface area contributed by atoms with Gasteiger partial charge in [-0.3, -0.25) is 18.9 Å². The van der Waals surface area contributed by atoms with Gasteiger partial charge in [-0.2, -0.15) is 49.7 Å². The number of hydrogen-bond acceptors (Lipinski definition) is 15. The van der Waals surface area contributed by atoms with Crippen LogP contribution in [0.25, 0.3) is 0 Å². The van der Waals surface area contributed by atoms with Crippen LogP contribution in [0.5, 0.6) is 0 Å². The van der Waals surface area contributed by atoms with Crippen molar-refractivity contribution in [2.75, 3.05) is 46.2 Å². The Labute approximate surface area is 625 Å². The number of rotatable bonds is 22. The molecule has 6 heterocycles. The number of oxazole rings is 1. The number of H-pyrrole nitrogens is 2. The maximum absolute atomic E-state index is 13.4. The smallest absolute Gasteiger partial charge is 0.416 e. The van der Waals surface area contributed by atoms with E-state index in [-0.39, 0.29) is 37.1 Å². The topological polar surface area (TPSA) is 253 Å². The highest BCUT2D eigenvalue weighted by molar-refractivity contribution is 5.92. The number of aromatic nitrogens is 7. The monoisotopic (exact) mass is 1520 g/mol. The molecule has 0 bridgehead atoms. The third-order valence-corrected chi connectivity index (χ3v) is 21.3. The largest absolute Gasteiger partial charge is 0.446 e. The van der Waals surface area contributed by atoms with Crippen LogP contribution in [-0.2, 0) is 70.8 Å². The summed E-state index contributed by atoms with van der Waals surface area (Å²) in [6, 6.07) is 41.4. The molecule has 3 aliphatic rings. The van der Waals surface area contributed by atoms with Crippen LogP contribution in [0.1, 0.15) is 177 Å². The predicted octanol–water partition coefficient (Wildman–Crippen LogP) is 14.5. The van der Waals surface area contributed by atoms with E-state index in [0.29, 0.717) is 109 Å². The van der Waals surface area contributed by atoms with Gasteiger partial charge in [-0.05, 0) is 163 Å². The number of aromatic amines is 2. The Hall–Kier alpha value is -9.36. The zero-order chi connectivity index (χ0) is 78.8. The molecule has 109 heavy (non-hydrogen) atoms. The van der Waals surface area contributed by atoms with Gasteiger partial charge in [0.2, 0.25) is 5.91 Å². The minimum Gasteiger partial charge on any atom is -0.446 e. The van der Waals surface area contributed by atoms with Crippen molar-refractivity contribution >= 4 is 11.6 Å². The van der Waals surface area contributed by atoms with Crippen LogP contribution in [0.2, 0.25) is 0 Å². The fourth-order valence-electron chi connectivity index (χ4n) is 15.0.